The number of hydrogen-bond donors (Lipinski definition) is 1. The van der Waals surface area contributed by atoms with Gasteiger partial charge in [-0.2, -0.15) is 0 Å². The van der Waals surface area contributed by atoms with Crippen molar-refractivity contribution in [3.63, 3.8) is 0 Å². The molecule has 0 aromatic carbocycles. The van der Waals surface area contributed by atoms with Crippen LogP contribution in [-0.4, -0.2) is 17.8 Å². The van der Waals surface area contributed by atoms with Gasteiger partial charge in [-0.05, 0) is 25.0 Å². The van der Waals surface area contributed by atoms with E-state index >= 15 is 0 Å². The minimum absolute atomic E-state index is 0.101. The molecule has 1 heterocycles. The van der Waals surface area contributed by atoms with Crippen molar-refractivity contribution in [2.75, 3.05) is 6.61 Å². The van der Waals surface area contributed by atoms with Gasteiger partial charge in [-0.1, -0.05) is 6.08 Å². The predicted octanol–water partition coefficient (Wildman–Crippen LogP) is 1.23. The molecule has 1 aliphatic heterocycles. The Morgan fingerprint density at radius 1 is 1.70 bits per heavy atom. The molecule has 0 fully saturated rings. The lowest BCUT2D eigenvalue weighted by molar-refractivity contribution is 0.164. The summed E-state index contributed by atoms with van der Waals surface area (Å²) >= 11 is 0. The van der Waals surface area contributed by atoms with Crippen LogP contribution in [0.4, 0.5) is 0 Å². The average Bonchev–Trinajstić information content (AvgIpc) is 2.03. The van der Waals surface area contributed by atoms with Crippen molar-refractivity contribution in [1.29, 1.82) is 0 Å². The van der Waals surface area contributed by atoms with E-state index in [1.807, 2.05) is 12.2 Å². The smallest absolute Gasteiger partial charge is 0.116 e. The van der Waals surface area contributed by atoms with Crippen molar-refractivity contribution in [2.24, 2.45) is 0 Å². The van der Waals surface area contributed by atoms with Gasteiger partial charge in [0.1, 0.15) is 6.10 Å². The van der Waals surface area contributed by atoms with Crippen molar-refractivity contribution in [3.05, 3.63) is 24.5 Å². The van der Waals surface area contributed by atoms with E-state index in [1.165, 1.54) is 0 Å². The maximum Gasteiger partial charge on any atom is 0.116 e. The number of rotatable bonds is 2. The Hall–Kier alpha value is -0.760. The van der Waals surface area contributed by atoms with Crippen molar-refractivity contribution in [3.8, 4) is 0 Å². The van der Waals surface area contributed by atoms with Gasteiger partial charge in [-0.25, -0.2) is 0 Å². The van der Waals surface area contributed by atoms with Gasteiger partial charge in [0.05, 0.1) is 12.9 Å². The van der Waals surface area contributed by atoms with Gasteiger partial charge < -0.3 is 9.84 Å². The third-order valence-electron chi connectivity index (χ3n) is 1.42. The first-order chi connectivity index (χ1) is 4.93. The molecule has 0 bridgehead atoms. The average molecular weight is 140 g/mol. The van der Waals surface area contributed by atoms with Crippen LogP contribution in [0, 0.1) is 0 Å². The van der Waals surface area contributed by atoms with Crippen LogP contribution in [0.3, 0.4) is 0 Å². The molecular weight excluding hydrogens is 128 g/mol. The second-order valence-electron chi connectivity index (χ2n) is 2.23. The van der Waals surface area contributed by atoms with E-state index in [0.717, 1.165) is 12.8 Å². The molecule has 0 radical (unpaired) electrons. The van der Waals surface area contributed by atoms with E-state index < -0.39 is 0 Å². The maximum atomic E-state index is 8.44. The van der Waals surface area contributed by atoms with E-state index in [2.05, 4.69) is 0 Å². The summed E-state index contributed by atoms with van der Waals surface area (Å²) in [6.45, 7) is 0.101. The SMILES string of the molecule is OCC=CC1CCC=CO1. The molecule has 1 rings (SSSR count). The van der Waals surface area contributed by atoms with E-state index in [1.54, 1.807) is 12.3 Å². The predicted molar refractivity (Wildman–Crippen MR) is 39.5 cm³/mol. The summed E-state index contributed by atoms with van der Waals surface area (Å²) in [5.74, 6) is 0. The summed E-state index contributed by atoms with van der Waals surface area (Å²) in [6.07, 6.45) is 9.59. The van der Waals surface area contributed by atoms with Crippen molar-refractivity contribution >= 4 is 0 Å². The molecule has 1 N–H and O–H groups in total. The third-order valence-corrected chi connectivity index (χ3v) is 1.42. The lowest BCUT2D eigenvalue weighted by Gasteiger charge is -2.14. The Labute approximate surface area is 60.8 Å². The molecule has 0 aliphatic carbocycles. The Morgan fingerprint density at radius 3 is 3.20 bits per heavy atom. The summed E-state index contributed by atoms with van der Waals surface area (Å²) in [6, 6.07) is 0. The molecule has 0 spiro atoms. The number of allylic oxidation sites excluding steroid dienone is 1. The standard InChI is InChI=1S/C8H12O2/c9-6-3-5-8-4-1-2-7-10-8/h2-3,5,7-9H,1,4,6H2. The molecular formula is C8H12O2. The fourth-order valence-corrected chi connectivity index (χ4v) is 0.907. The van der Waals surface area contributed by atoms with Crippen molar-refractivity contribution < 1.29 is 9.84 Å². The van der Waals surface area contributed by atoms with Gasteiger partial charge in [-0.3, -0.25) is 0 Å². The third kappa shape index (κ3) is 2.23. The zero-order valence-corrected chi connectivity index (χ0v) is 5.86. The Bertz CT molecular complexity index is 138. The van der Waals surface area contributed by atoms with Crippen LogP contribution >= 0.6 is 0 Å². The molecule has 2 heteroatoms. The zero-order chi connectivity index (χ0) is 7.23. The molecule has 0 saturated heterocycles. The summed E-state index contributed by atoms with van der Waals surface area (Å²) in [4.78, 5) is 0. The zero-order valence-electron chi connectivity index (χ0n) is 5.86. The molecule has 1 atom stereocenters. The highest BCUT2D eigenvalue weighted by molar-refractivity contribution is 4.94. The van der Waals surface area contributed by atoms with E-state index in [9.17, 15) is 0 Å². The topological polar surface area (TPSA) is 29.5 Å². The van der Waals surface area contributed by atoms with E-state index in [4.69, 9.17) is 9.84 Å². The molecule has 0 aromatic rings. The minimum atomic E-state index is 0.101. The summed E-state index contributed by atoms with van der Waals surface area (Å²) in [5, 5.41) is 8.44. The first-order valence-electron chi connectivity index (χ1n) is 3.51. The van der Waals surface area contributed by atoms with Crippen molar-refractivity contribution in [2.45, 2.75) is 18.9 Å². The first-order valence-corrected chi connectivity index (χ1v) is 3.51. The van der Waals surface area contributed by atoms with Gasteiger partial charge in [0, 0.05) is 0 Å². The number of ether oxygens (including phenoxy) is 1. The van der Waals surface area contributed by atoms with Crippen molar-refractivity contribution in [1.82, 2.24) is 0 Å². The summed E-state index contributed by atoms with van der Waals surface area (Å²) in [5.41, 5.74) is 0. The normalized spacial score (nSPS) is 25.1. The molecule has 1 unspecified atom stereocenters. The molecule has 2 nitrogen and oxygen atoms in total. The van der Waals surface area contributed by atoms with Gasteiger partial charge in [0.25, 0.3) is 0 Å². The molecule has 1 aliphatic rings. The van der Waals surface area contributed by atoms with Gasteiger partial charge >= 0.3 is 0 Å². The second kappa shape index (κ2) is 4.12. The van der Waals surface area contributed by atoms with E-state index in [-0.39, 0.29) is 12.7 Å². The highest BCUT2D eigenvalue weighted by atomic mass is 16.5. The first kappa shape index (κ1) is 7.35. The van der Waals surface area contributed by atoms with Crippen LogP contribution in [0.5, 0.6) is 0 Å². The number of hydrogen-bond acceptors (Lipinski definition) is 2. The molecule has 56 valence electrons. The monoisotopic (exact) mass is 140 g/mol. The number of aliphatic hydroxyl groups excluding tert-OH is 1. The quantitative estimate of drug-likeness (QED) is 0.584. The minimum Gasteiger partial charge on any atom is -0.494 e. The van der Waals surface area contributed by atoms with E-state index in [0.29, 0.717) is 0 Å². The largest absolute Gasteiger partial charge is 0.494 e. The van der Waals surface area contributed by atoms with Crippen LogP contribution < -0.4 is 0 Å². The lowest BCUT2D eigenvalue weighted by Crippen LogP contribution is -2.08. The fourth-order valence-electron chi connectivity index (χ4n) is 0.907. The highest BCUT2D eigenvalue weighted by Crippen LogP contribution is 2.10. The summed E-state index contributed by atoms with van der Waals surface area (Å²) in [7, 11) is 0. The fraction of sp³-hybridized carbons (Fsp3) is 0.500. The highest BCUT2D eigenvalue weighted by Gasteiger charge is 2.04. The van der Waals surface area contributed by atoms with Crippen LogP contribution in [-0.2, 0) is 4.74 Å². The Balaban J connectivity index is 2.28. The Kier molecular flexibility index (Phi) is 3.03. The molecule has 0 amide bonds. The second-order valence-corrected chi connectivity index (χ2v) is 2.23. The maximum absolute atomic E-state index is 8.44. The van der Waals surface area contributed by atoms with Crippen LogP contribution in [0.25, 0.3) is 0 Å². The van der Waals surface area contributed by atoms with Gasteiger partial charge in [0.2, 0.25) is 0 Å². The van der Waals surface area contributed by atoms with Gasteiger partial charge in [0.15, 0.2) is 0 Å². The number of aliphatic hydroxyl groups is 1. The molecule has 0 saturated carbocycles. The van der Waals surface area contributed by atoms with Crippen LogP contribution in [0.1, 0.15) is 12.8 Å². The lowest BCUT2D eigenvalue weighted by atomic mass is 10.1. The molecule has 10 heavy (non-hydrogen) atoms. The Morgan fingerprint density at radius 2 is 2.60 bits per heavy atom. The summed E-state index contributed by atoms with van der Waals surface area (Å²) < 4.78 is 5.20. The molecule has 0 aromatic heterocycles. The van der Waals surface area contributed by atoms with Crippen LogP contribution in [0.2, 0.25) is 0 Å². The van der Waals surface area contributed by atoms with Gasteiger partial charge in [-0.15, -0.1) is 0 Å². The van der Waals surface area contributed by atoms with Crippen LogP contribution in [0.15, 0.2) is 24.5 Å².